The van der Waals surface area contributed by atoms with E-state index in [2.05, 4.69) is 163 Å². The predicted octanol–water partition coefficient (Wildman–Crippen LogP) is 7.91. The van der Waals surface area contributed by atoms with Gasteiger partial charge in [0.25, 0.3) is 0 Å². The first kappa shape index (κ1) is 32.6. The number of benzene rings is 2. The average Bonchev–Trinajstić information content (AvgIpc) is 3.67. The summed E-state index contributed by atoms with van der Waals surface area (Å²) >= 11 is 0. The Balaban J connectivity index is 1.28. The Hall–Kier alpha value is -4.34. The highest BCUT2D eigenvalue weighted by Crippen LogP contribution is 2.24. The van der Waals surface area contributed by atoms with Crippen molar-refractivity contribution in [3.63, 3.8) is 0 Å². The second-order valence-corrected chi connectivity index (χ2v) is 10.6. The highest BCUT2D eigenvalue weighted by atomic mass is 15.3. The number of anilines is 2. The zero-order valence-corrected chi connectivity index (χ0v) is 27.5. The summed E-state index contributed by atoms with van der Waals surface area (Å²) in [5.41, 5.74) is 4.17. The Morgan fingerprint density at radius 3 is 1.25 bits per heavy atom. The third kappa shape index (κ3) is 8.18. The van der Waals surface area contributed by atoms with E-state index in [0.717, 1.165) is 88.5 Å². The van der Waals surface area contributed by atoms with Crippen molar-refractivity contribution in [3.05, 3.63) is 73.3 Å². The number of nitrogens with zero attached hydrogens (tertiary/aromatic N) is 10. The summed E-state index contributed by atoms with van der Waals surface area (Å²) in [4.78, 5) is 4.86. The monoisotopic (exact) mass is 598 g/mol. The zero-order chi connectivity index (χ0) is 31.3. The molecule has 0 aliphatic heterocycles. The number of unbranched alkanes of at least 4 members (excludes halogenated alkanes) is 1. The Morgan fingerprint density at radius 2 is 0.932 bits per heavy atom. The van der Waals surface area contributed by atoms with Gasteiger partial charge >= 0.3 is 11.9 Å². The fourth-order valence-corrected chi connectivity index (χ4v) is 5.35. The number of aryl methyl sites for hydroxylation is 4. The first-order valence-corrected chi connectivity index (χ1v) is 16.3. The van der Waals surface area contributed by atoms with E-state index >= 15 is 0 Å². The molecule has 0 fully saturated rings. The van der Waals surface area contributed by atoms with E-state index < -0.39 is 0 Å². The van der Waals surface area contributed by atoms with Crippen molar-refractivity contribution in [1.82, 2.24) is 9.13 Å². The van der Waals surface area contributed by atoms with E-state index in [9.17, 15) is 0 Å². The molecule has 0 unspecified atom stereocenters. The van der Waals surface area contributed by atoms with Crippen molar-refractivity contribution in [3.8, 4) is 0 Å². The zero-order valence-electron chi connectivity index (χ0n) is 27.5. The second kappa shape index (κ2) is 16.5. The van der Waals surface area contributed by atoms with Gasteiger partial charge in [0, 0.05) is 47.8 Å². The van der Waals surface area contributed by atoms with Gasteiger partial charge in [-0.3, -0.25) is 0 Å². The van der Waals surface area contributed by atoms with E-state index in [-0.39, 0.29) is 0 Å². The highest BCUT2D eigenvalue weighted by Gasteiger charge is 2.16. The van der Waals surface area contributed by atoms with Crippen molar-refractivity contribution in [2.24, 2.45) is 20.5 Å². The second-order valence-electron chi connectivity index (χ2n) is 10.6. The lowest BCUT2D eigenvalue weighted by molar-refractivity contribution is -0.680. The van der Waals surface area contributed by atoms with Crippen LogP contribution in [0, 0.1) is 0 Å². The Bertz CT molecular complexity index is 1320. The Labute approximate surface area is 263 Å². The van der Waals surface area contributed by atoms with Gasteiger partial charge in [0.1, 0.15) is 11.4 Å². The minimum absolute atomic E-state index is 0.863. The lowest BCUT2D eigenvalue weighted by Gasteiger charge is -2.26. The van der Waals surface area contributed by atoms with Crippen LogP contribution in [-0.4, -0.2) is 35.3 Å². The maximum absolute atomic E-state index is 4.54. The molecule has 0 aliphatic carbocycles. The summed E-state index contributed by atoms with van der Waals surface area (Å²) in [5, 5.41) is 18.1. The van der Waals surface area contributed by atoms with Crippen LogP contribution in [0.3, 0.4) is 0 Å². The number of azo groups is 2. The SMILES string of the molecule is CCN(CCCCN(CC)c1ccc(N=Nc2n(CC)cc[n+]2CC)cc1)c1ccc(N=Nc2n(CC)cc[n+]2CC)cc1. The lowest BCUT2D eigenvalue weighted by atomic mass is 10.2. The van der Waals surface area contributed by atoms with Crippen LogP contribution in [0.15, 0.2) is 93.8 Å². The molecule has 4 rings (SSSR count). The number of rotatable bonds is 17. The van der Waals surface area contributed by atoms with Gasteiger partial charge in [-0.05, 0) is 103 Å². The molecule has 2 heterocycles. The van der Waals surface area contributed by atoms with Gasteiger partial charge in [0.15, 0.2) is 0 Å². The van der Waals surface area contributed by atoms with Gasteiger partial charge in [0.2, 0.25) is 0 Å². The summed E-state index contributed by atoms with van der Waals surface area (Å²) in [6.07, 6.45) is 10.5. The summed E-state index contributed by atoms with van der Waals surface area (Å²) in [6.45, 7) is 20.4. The maximum atomic E-state index is 4.54. The maximum Gasteiger partial charge on any atom is 0.421 e. The Kier molecular flexibility index (Phi) is 12.2. The first-order chi connectivity index (χ1) is 21.5. The van der Waals surface area contributed by atoms with Crippen LogP contribution < -0.4 is 18.9 Å². The molecule has 0 atom stereocenters. The third-order valence-electron chi connectivity index (χ3n) is 8.05. The standard InChI is InChI=1S/C34H50N10/c1-7-39(31-19-15-29(16-20-31)35-37-33-41(9-3)25-26-42(33)10-4)23-13-14-24-40(8-2)32-21-17-30(18-22-32)36-38-34-43(11-5)27-28-44(34)12-6/h15-22,25-28H,7-14,23-24H2,1-6H3/q+2. The molecule has 4 aromatic rings. The van der Waals surface area contributed by atoms with Gasteiger partial charge < -0.3 is 9.80 Å². The number of hydrogen-bond donors (Lipinski definition) is 0. The summed E-state index contributed by atoms with van der Waals surface area (Å²) in [6, 6.07) is 16.9. The third-order valence-corrected chi connectivity index (χ3v) is 8.05. The van der Waals surface area contributed by atoms with E-state index in [1.807, 2.05) is 0 Å². The first-order valence-electron chi connectivity index (χ1n) is 16.3. The molecule has 0 radical (unpaired) electrons. The van der Waals surface area contributed by atoms with Crippen LogP contribution in [0.5, 0.6) is 0 Å². The van der Waals surface area contributed by atoms with E-state index in [4.69, 9.17) is 0 Å². The largest absolute Gasteiger partial charge is 0.421 e. The number of hydrogen-bond acceptors (Lipinski definition) is 6. The lowest BCUT2D eigenvalue weighted by Crippen LogP contribution is -2.30. The quantitative estimate of drug-likeness (QED) is 0.0704. The van der Waals surface area contributed by atoms with Crippen LogP contribution in [-0.2, 0) is 26.2 Å². The topological polar surface area (TPSA) is 73.5 Å². The molecule has 0 aliphatic rings. The minimum atomic E-state index is 0.863. The van der Waals surface area contributed by atoms with Crippen LogP contribution in [0.25, 0.3) is 0 Å². The smallest absolute Gasteiger partial charge is 0.372 e. The van der Waals surface area contributed by atoms with Crippen molar-refractivity contribution in [2.45, 2.75) is 80.6 Å². The van der Waals surface area contributed by atoms with Gasteiger partial charge in [0.05, 0.1) is 51.0 Å². The van der Waals surface area contributed by atoms with E-state index in [1.165, 1.54) is 11.4 Å². The molecule has 10 nitrogen and oxygen atoms in total. The Morgan fingerprint density at radius 1 is 0.545 bits per heavy atom. The molecule has 2 aromatic heterocycles. The molecule has 0 saturated heterocycles. The van der Waals surface area contributed by atoms with Crippen LogP contribution in [0.1, 0.15) is 54.4 Å². The van der Waals surface area contributed by atoms with Gasteiger partial charge in [-0.25, -0.2) is 18.3 Å². The molecular formula is C34H50N10+2. The van der Waals surface area contributed by atoms with Gasteiger partial charge in [-0.1, -0.05) is 10.2 Å². The van der Waals surface area contributed by atoms with Crippen LogP contribution in [0.4, 0.5) is 34.6 Å². The van der Waals surface area contributed by atoms with Crippen LogP contribution in [0.2, 0.25) is 0 Å². The fourth-order valence-electron chi connectivity index (χ4n) is 5.35. The minimum Gasteiger partial charge on any atom is -0.372 e. The number of imidazole rings is 2. The molecule has 234 valence electrons. The summed E-state index contributed by atoms with van der Waals surface area (Å²) in [7, 11) is 0. The van der Waals surface area contributed by atoms with Crippen molar-refractivity contribution in [2.75, 3.05) is 36.0 Å². The van der Waals surface area contributed by atoms with Gasteiger partial charge in [-0.2, -0.15) is 0 Å². The molecular weight excluding hydrogens is 548 g/mol. The van der Waals surface area contributed by atoms with E-state index in [0.29, 0.717) is 0 Å². The van der Waals surface area contributed by atoms with Crippen molar-refractivity contribution < 1.29 is 9.13 Å². The molecule has 10 heteroatoms. The molecule has 2 aromatic carbocycles. The van der Waals surface area contributed by atoms with E-state index in [1.54, 1.807) is 0 Å². The summed E-state index contributed by atoms with van der Waals surface area (Å²) < 4.78 is 8.43. The van der Waals surface area contributed by atoms with Crippen LogP contribution >= 0.6 is 0 Å². The van der Waals surface area contributed by atoms with Gasteiger partial charge in [-0.15, -0.1) is 0 Å². The normalized spacial score (nSPS) is 11.7. The number of aromatic nitrogens is 4. The molecule has 0 spiro atoms. The summed E-state index contributed by atoms with van der Waals surface area (Å²) in [5.74, 6) is 1.75. The fraction of sp³-hybridized carbons (Fsp3) is 0.471. The molecule has 0 N–H and O–H groups in total. The molecule has 44 heavy (non-hydrogen) atoms. The average molecular weight is 599 g/mol. The van der Waals surface area contributed by atoms with Crippen molar-refractivity contribution >= 4 is 34.6 Å². The molecule has 0 saturated carbocycles. The molecule has 0 amide bonds. The van der Waals surface area contributed by atoms with Crippen molar-refractivity contribution in [1.29, 1.82) is 0 Å². The highest BCUT2D eigenvalue weighted by molar-refractivity contribution is 5.53. The predicted molar refractivity (Wildman–Crippen MR) is 178 cm³/mol. The molecule has 0 bridgehead atoms.